The number of hydrogen-bond donors (Lipinski definition) is 3. The molecular weight excluding hydrogens is 277 g/mol. The summed E-state index contributed by atoms with van der Waals surface area (Å²) in [6.45, 7) is 0. The Labute approximate surface area is 114 Å². The highest BCUT2D eigenvalue weighted by atomic mass is 35.5. The fraction of sp³-hybridized carbons (Fsp3) is 0.100. The van der Waals surface area contributed by atoms with Crippen LogP contribution in [0.4, 0.5) is 0 Å². The van der Waals surface area contributed by atoms with Crippen molar-refractivity contribution in [1.29, 1.82) is 5.41 Å². The van der Waals surface area contributed by atoms with Gasteiger partial charge >= 0.3 is 0 Å². The summed E-state index contributed by atoms with van der Waals surface area (Å²) in [6, 6.07) is 5.07. The van der Waals surface area contributed by atoms with Crippen LogP contribution in [0.3, 0.4) is 0 Å². The van der Waals surface area contributed by atoms with Gasteiger partial charge < -0.3 is 10.7 Å². The Morgan fingerprint density at radius 2 is 2.22 bits per heavy atom. The molecule has 0 saturated carbocycles. The van der Waals surface area contributed by atoms with Crippen molar-refractivity contribution in [3.63, 3.8) is 0 Å². The number of halogens is 2. The van der Waals surface area contributed by atoms with Crippen LogP contribution in [0.2, 0.25) is 5.02 Å². The van der Waals surface area contributed by atoms with Gasteiger partial charge in [-0.15, -0.1) is 12.4 Å². The second-order valence-corrected chi connectivity index (χ2v) is 3.93. The number of guanidine groups is 1. The van der Waals surface area contributed by atoms with Crippen LogP contribution in [0.25, 0.3) is 11.0 Å². The molecule has 0 aliphatic rings. The van der Waals surface area contributed by atoms with Crippen molar-refractivity contribution >= 4 is 46.9 Å². The summed E-state index contributed by atoms with van der Waals surface area (Å²) >= 11 is 5.82. The monoisotopic (exact) mass is 287 g/mol. The number of rotatable bonds is 1. The lowest BCUT2D eigenvalue weighted by molar-refractivity contribution is 0.0859. The minimum Gasteiger partial charge on any atom is -0.370 e. The summed E-state index contributed by atoms with van der Waals surface area (Å²) in [5.41, 5.74) is 6.52. The second-order valence-electron chi connectivity index (χ2n) is 3.50. The maximum atomic E-state index is 11.8. The highest BCUT2D eigenvalue weighted by Gasteiger charge is 2.17. The van der Waals surface area contributed by atoms with Gasteiger partial charge in [0.15, 0.2) is 11.8 Å². The van der Waals surface area contributed by atoms with Crippen LogP contribution < -0.4 is 5.73 Å². The van der Waals surface area contributed by atoms with Crippen molar-refractivity contribution < 1.29 is 4.79 Å². The van der Waals surface area contributed by atoms with Crippen molar-refractivity contribution in [2.45, 2.75) is 0 Å². The molecule has 1 amide bonds. The van der Waals surface area contributed by atoms with Gasteiger partial charge in [-0.25, -0.2) is 4.98 Å². The molecule has 0 aliphatic heterocycles. The molecule has 6 nitrogen and oxygen atoms in total. The minimum absolute atomic E-state index is 0. The number of nitrogens with one attached hydrogen (secondary N) is 2. The lowest BCUT2D eigenvalue weighted by Crippen LogP contribution is -2.38. The molecule has 1 heterocycles. The summed E-state index contributed by atoms with van der Waals surface area (Å²) in [6.07, 6.45) is 0. The Kier molecular flexibility index (Phi) is 4.15. The van der Waals surface area contributed by atoms with Crippen LogP contribution in [-0.2, 0) is 0 Å². The quantitative estimate of drug-likeness (QED) is 0.549. The number of carbonyl (C=O) groups excluding carboxylic acids is 1. The first kappa shape index (κ1) is 14.3. The fourth-order valence-corrected chi connectivity index (χ4v) is 1.52. The van der Waals surface area contributed by atoms with E-state index < -0.39 is 5.91 Å². The molecule has 0 saturated heterocycles. The second kappa shape index (κ2) is 5.24. The van der Waals surface area contributed by atoms with E-state index in [2.05, 4.69) is 9.97 Å². The smallest absolute Gasteiger partial charge is 0.296 e. The highest BCUT2D eigenvalue weighted by Crippen LogP contribution is 2.17. The SMILES string of the molecule is CN(C(=N)N)C(=O)c1nc2ccc(Cl)cc2[nH]1.Cl. The van der Waals surface area contributed by atoms with Crippen LogP contribution in [0, 0.1) is 5.41 Å². The van der Waals surface area contributed by atoms with Crippen molar-refractivity contribution in [2.75, 3.05) is 7.05 Å². The molecule has 0 unspecified atom stereocenters. The Bertz CT molecular complexity index is 609. The van der Waals surface area contributed by atoms with Crippen LogP contribution in [-0.4, -0.2) is 33.8 Å². The van der Waals surface area contributed by atoms with Crippen molar-refractivity contribution in [2.24, 2.45) is 5.73 Å². The predicted molar refractivity (Wildman–Crippen MR) is 72.4 cm³/mol. The molecule has 0 radical (unpaired) electrons. The van der Waals surface area contributed by atoms with E-state index in [9.17, 15) is 4.79 Å². The molecule has 1 aromatic heterocycles. The molecule has 1 aromatic carbocycles. The average molecular weight is 288 g/mol. The summed E-state index contributed by atoms with van der Waals surface area (Å²) < 4.78 is 0. The molecule has 2 aromatic rings. The maximum absolute atomic E-state index is 11.8. The van der Waals surface area contributed by atoms with Crippen LogP contribution in [0.1, 0.15) is 10.6 Å². The number of imidazole rings is 1. The molecule has 0 fully saturated rings. The van der Waals surface area contributed by atoms with E-state index in [1.165, 1.54) is 7.05 Å². The zero-order chi connectivity index (χ0) is 12.6. The Morgan fingerprint density at radius 3 is 2.83 bits per heavy atom. The topological polar surface area (TPSA) is 98.9 Å². The number of nitrogens with zero attached hydrogens (tertiary/aromatic N) is 2. The Morgan fingerprint density at radius 1 is 1.56 bits per heavy atom. The first-order valence-corrected chi connectivity index (χ1v) is 5.14. The van der Waals surface area contributed by atoms with Gasteiger partial charge in [-0.1, -0.05) is 11.6 Å². The number of H-pyrrole nitrogens is 1. The first-order valence-electron chi connectivity index (χ1n) is 4.76. The van der Waals surface area contributed by atoms with Crippen molar-refractivity contribution in [3.05, 3.63) is 29.0 Å². The number of amides is 1. The van der Waals surface area contributed by atoms with Crippen LogP contribution in [0.15, 0.2) is 18.2 Å². The number of hydrogen-bond acceptors (Lipinski definition) is 3. The zero-order valence-corrected chi connectivity index (χ0v) is 11.0. The molecular formula is C10H11Cl2N5O. The average Bonchev–Trinajstić information content (AvgIpc) is 2.69. The van der Waals surface area contributed by atoms with E-state index in [-0.39, 0.29) is 24.2 Å². The van der Waals surface area contributed by atoms with E-state index in [0.29, 0.717) is 16.1 Å². The van der Waals surface area contributed by atoms with Gasteiger partial charge in [0.2, 0.25) is 0 Å². The molecule has 0 atom stereocenters. The normalized spacial score (nSPS) is 9.89. The van der Waals surface area contributed by atoms with Gasteiger partial charge in [-0.05, 0) is 18.2 Å². The number of nitrogens with two attached hydrogens (primary N) is 1. The van der Waals surface area contributed by atoms with Crippen LogP contribution in [0.5, 0.6) is 0 Å². The lowest BCUT2D eigenvalue weighted by Gasteiger charge is -2.11. The standard InChI is InChI=1S/C10H10ClN5O.ClH/c1-16(10(12)13)9(17)8-14-6-3-2-5(11)4-7(6)15-8;/h2-4H,1H3,(H3,12,13)(H,14,15);1H. The van der Waals surface area contributed by atoms with E-state index in [1.807, 2.05) is 0 Å². The minimum atomic E-state index is -0.468. The third-order valence-corrected chi connectivity index (χ3v) is 2.55. The van der Waals surface area contributed by atoms with Gasteiger partial charge in [-0.3, -0.25) is 15.1 Å². The summed E-state index contributed by atoms with van der Waals surface area (Å²) in [7, 11) is 1.41. The lowest BCUT2D eigenvalue weighted by atomic mass is 10.3. The van der Waals surface area contributed by atoms with Crippen molar-refractivity contribution in [3.8, 4) is 0 Å². The molecule has 0 aliphatic carbocycles. The fourth-order valence-electron chi connectivity index (χ4n) is 1.35. The van der Waals surface area contributed by atoms with Gasteiger partial charge in [0.1, 0.15) is 0 Å². The molecule has 0 bridgehead atoms. The summed E-state index contributed by atoms with van der Waals surface area (Å²) in [4.78, 5) is 19.8. The third-order valence-electron chi connectivity index (χ3n) is 2.31. The van der Waals surface area contributed by atoms with E-state index >= 15 is 0 Å². The molecule has 8 heteroatoms. The van der Waals surface area contributed by atoms with Gasteiger partial charge in [0.05, 0.1) is 11.0 Å². The Hall–Kier alpha value is -1.79. The molecule has 0 spiro atoms. The number of fused-ring (bicyclic) bond motifs is 1. The number of benzene rings is 1. The first-order chi connectivity index (χ1) is 7.99. The maximum Gasteiger partial charge on any atom is 0.296 e. The molecule has 18 heavy (non-hydrogen) atoms. The third kappa shape index (κ3) is 2.55. The highest BCUT2D eigenvalue weighted by molar-refractivity contribution is 6.31. The Balaban J connectivity index is 0.00000162. The summed E-state index contributed by atoms with van der Waals surface area (Å²) in [5.74, 6) is -0.682. The van der Waals surface area contributed by atoms with E-state index in [0.717, 1.165) is 4.90 Å². The van der Waals surface area contributed by atoms with Crippen molar-refractivity contribution in [1.82, 2.24) is 14.9 Å². The van der Waals surface area contributed by atoms with Crippen LogP contribution >= 0.6 is 24.0 Å². The van der Waals surface area contributed by atoms with E-state index in [1.54, 1.807) is 18.2 Å². The zero-order valence-electron chi connectivity index (χ0n) is 9.40. The number of aromatic nitrogens is 2. The summed E-state index contributed by atoms with van der Waals surface area (Å²) in [5, 5.41) is 7.72. The van der Waals surface area contributed by atoms with Gasteiger partial charge in [-0.2, -0.15) is 0 Å². The molecule has 4 N–H and O–H groups in total. The van der Waals surface area contributed by atoms with E-state index in [4.69, 9.17) is 22.7 Å². The number of carbonyl (C=O) groups is 1. The molecule has 2 rings (SSSR count). The van der Waals surface area contributed by atoms with Gasteiger partial charge in [0.25, 0.3) is 5.91 Å². The largest absolute Gasteiger partial charge is 0.370 e. The molecule has 96 valence electrons. The van der Waals surface area contributed by atoms with Gasteiger partial charge in [0, 0.05) is 12.1 Å². The predicted octanol–water partition coefficient (Wildman–Crippen LogP) is 1.60. The number of aromatic amines is 1.